The molecule has 1 aromatic carbocycles. The van der Waals surface area contributed by atoms with Crippen molar-refractivity contribution in [1.82, 2.24) is 0 Å². The molecule has 3 heteroatoms. The number of fused-ring (bicyclic) bond motifs is 1. The van der Waals surface area contributed by atoms with Gasteiger partial charge in [-0.15, -0.1) is 0 Å². The molecule has 0 amide bonds. The van der Waals surface area contributed by atoms with Crippen LogP contribution in [0.3, 0.4) is 0 Å². The number of aldehydes is 1. The van der Waals surface area contributed by atoms with E-state index in [9.17, 15) is 9.18 Å². The van der Waals surface area contributed by atoms with Crippen LogP contribution in [0, 0.1) is 5.82 Å². The molecular formula is C10H9FO2. The molecule has 68 valence electrons. The van der Waals surface area contributed by atoms with Gasteiger partial charge in [-0.05, 0) is 30.2 Å². The molecule has 1 heterocycles. The molecule has 0 aliphatic carbocycles. The summed E-state index contributed by atoms with van der Waals surface area (Å²) in [5.74, 6) is -0.291. The highest BCUT2D eigenvalue weighted by atomic mass is 19.1. The van der Waals surface area contributed by atoms with Gasteiger partial charge in [0.15, 0.2) is 6.29 Å². The minimum absolute atomic E-state index is 0.194. The number of rotatable bonds is 1. The summed E-state index contributed by atoms with van der Waals surface area (Å²) < 4.78 is 18.1. The molecule has 2 rings (SSSR count). The van der Waals surface area contributed by atoms with Gasteiger partial charge in [0.1, 0.15) is 11.9 Å². The summed E-state index contributed by atoms with van der Waals surface area (Å²) >= 11 is 0. The van der Waals surface area contributed by atoms with Gasteiger partial charge in [-0.25, -0.2) is 4.39 Å². The summed E-state index contributed by atoms with van der Waals surface area (Å²) in [5.41, 5.74) is 1.56. The molecular weight excluding hydrogens is 171 g/mol. The second kappa shape index (κ2) is 2.92. The molecule has 1 aliphatic heterocycles. The smallest absolute Gasteiger partial charge is 0.153 e. The Morgan fingerprint density at radius 3 is 2.92 bits per heavy atom. The Morgan fingerprint density at radius 2 is 2.23 bits per heavy atom. The van der Waals surface area contributed by atoms with Crippen LogP contribution in [0.25, 0.3) is 0 Å². The Balaban J connectivity index is 2.51. The highest BCUT2D eigenvalue weighted by Gasteiger charge is 2.28. The first-order valence-electron chi connectivity index (χ1n) is 4.12. The Bertz CT molecular complexity index is 349. The molecule has 2 atom stereocenters. The van der Waals surface area contributed by atoms with Crippen LogP contribution in [0.5, 0.6) is 0 Å². The molecule has 0 bridgehead atoms. The van der Waals surface area contributed by atoms with Gasteiger partial charge in [0, 0.05) is 0 Å². The van der Waals surface area contributed by atoms with Gasteiger partial charge in [0.2, 0.25) is 0 Å². The molecule has 0 saturated heterocycles. The van der Waals surface area contributed by atoms with Crippen molar-refractivity contribution in [2.75, 3.05) is 0 Å². The Kier molecular flexibility index (Phi) is 1.88. The second-order valence-corrected chi connectivity index (χ2v) is 3.11. The van der Waals surface area contributed by atoms with E-state index in [-0.39, 0.29) is 11.9 Å². The zero-order valence-corrected chi connectivity index (χ0v) is 7.16. The van der Waals surface area contributed by atoms with E-state index in [1.807, 2.05) is 6.92 Å². The average molecular weight is 180 g/mol. The fourth-order valence-electron chi connectivity index (χ4n) is 1.63. The van der Waals surface area contributed by atoms with E-state index in [4.69, 9.17) is 4.74 Å². The minimum atomic E-state index is -0.523. The fraction of sp³-hybridized carbons (Fsp3) is 0.300. The molecule has 13 heavy (non-hydrogen) atoms. The maximum atomic E-state index is 12.8. The van der Waals surface area contributed by atoms with Gasteiger partial charge < -0.3 is 9.53 Å². The molecule has 1 aromatic rings. The standard InChI is InChI=1S/C10H9FO2/c1-6-9-4-7(11)2-3-8(9)10(5-12)13-6/h2-6,10H,1H3. The van der Waals surface area contributed by atoms with E-state index < -0.39 is 6.10 Å². The van der Waals surface area contributed by atoms with Gasteiger partial charge in [0.25, 0.3) is 0 Å². The van der Waals surface area contributed by atoms with Crippen LogP contribution in [-0.4, -0.2) is 6.29 Å². The third kappa shape index (κ3) is 1.25. The number of benzene rings is 1. The zero-order valence-electron chi connectivity index (χ0n) is 7.16. The first-order valence-corrected chi connectivity index (χ1v) is 4.12. The van der Waals surface area contributed by atoms with Crippen molar-refractivity contribution in [1.29, 1.82) is 0 Å². The topological polar surface area (TPSA) is 26.3 Å². The van der Waals surface area contributed by atoms with Crippen LogP contribution in [0.2, 0.25) is 0 Å². The molecule has 0 spiro atoms. The van der Waals surface area contributed by atoms with Crippen LogP contribution < -0.4 is 0 Å². The van der Waals surface area contributed by atoms with Gasteiger partial charge in [-0.2, -0.15) is 0 Å². The van der Waals surface area contributed by atoms with Gasteiger partial charge in [0.05, 0.1) is 6.10 Å². The van der Waals surface area contributed by atoms with E-state index in [2.05, 4.69) is 0 Å². The van der Waals surface area contributed by atoms with Crippen molar-refractivity contribution < 1.29 is 13.9 Å². The highest BCUT2D eigenvalue weighted by molar-refractivity contribution is 5.63. The molecule has 0 saturated carbocycles. The maximum Gasteiger partial charge on any atom is 0.153 e. The van der Waals surface area contributed by atoms with E-state index in [0.29, 0.717) is 0 Å². The minimum Gasteiger partial charge on any atom is -0.358 e. The zero-order chi connectivity index (χ0) is 9.42. The van der Waals surface area contributed by atoms with Crippen molar-refractivity contribution in [3.05, 3.63) is 35.1 Å². The van der Waals surface area contributed by atoms with Crippen molar-refractivity contribution in [3.8, 4) is 0 Å². The first kappa shape index (κ1) is 8.38. The van der Waals surface area contributed by atoms with Crippen molar-refractivity contribution in [2.24, 2.45) is 0 Å². The number of carbonyl (C=O) groups is 1. The fourth-order valence-corrected chi connectivity index (χ4v) is 1.63. The quantitative estimate of drug-likeness (QED) is 0.619. The number of ether oxygens (including phenoxy) is 1. The Morgan fingerprint density at radius 1 is 1.46 bits per heavy atom. The summed E-state index contributed by atoms with van der Waals surface area (Å²) in [4.78, 5) is 10.6. The summed E-state index contributed by atoms with van der Waals surface area (Å²) in [7, 11) is 0. The van der Waals surface area contributed by atoms with E-state index in [1.54, 1.807) is 6.07 Å². The SMILES string of the molecule is CC1OC(C=O)c2ccc(F)cc21. The monoisotopic (exact) mass is 180 g/mol. The van der Waals surface area contributed by atoms with E-state index >= 15 is 0 Å². The number of carbonyl (C=O) groups excluding carboxylic acids is 1. The average Bonchev–Trinajstić information content (AvgIpc) is 2.43. The van der Waals surface area contributed by atoms with Crippen LogP contribution in [0.1, 0.15) is 30.3 Å². The Labute approximate surface area is 75.3 Å². The van der Waals surface area contributed by atoms with Crippen molar-refractivity contribution >= 4 is 6.29 Å². The molecule has 1 aliphatic rings. The summed E-state index contributed by atoms with van der Waals surface area (Å²) in [6.45, 7) is 1.81. The number of hydrogen-bond acceptors (Lipinski definition) is 2. The largest absolute Gasteiger partial charge is 0.358 e. The lowest BCUT2D eigenvalue weighted by molar-refractivity contribution is -0.119. The predicted octanol–water partition coefficient (Wildman–Crippen LogP) is 2.16. The van der Waals surface area contributed by atoms with Gasteiger partial charge >= 0.3 is 0 Å². The normalized spacial score (nSPS) is 25.7. The summed E-state index contributed by atoms with van der Waals surface area (Å²) in [5, 5.41) is 0. The lowest BCUT2D eigenvalue weighted by atomic mass is 10.0. The third-order valence-corrected chi connectivity index (χ3v) is 2.27. The van der Waals surface area contributed by atoms with Crippen LogP contribution in [0.15, 0.2) is 18.2 Å². The maximum absolute atomic E-state index is 12.8. The molecule has 2 unspecified atom stereocenters. The molecule has 0 fully saturated rings. The van der Waals surface area contributed by atoms with Crippen LogP contribution >= 0.6 is 0 Å². The molecule has 2 nitrogen and oxygen atoms in total. The third-order valence-electron chi connectivity index (χ3n) is 2.27. The van der Waals surface area contributed by atoms with E-state index in [1.165, 1.54) is 12.1 Å². The summed E-state index contributed by atoms with van der Waals surface area (Å²) in [6, 6.07) is 4.37. The summed E-state index contributed by atoms with van der Waals surface area (Å²) in [6.07, 6.45) is 0.0201. The Hall–Kier alpha value is -1.22. The van der Waals surface area contributed by atoms with Crippen LogP contribution in [0.4, 0.5) is 4.39 Å². The van der Waals surface area contributed by atoms with Crippen molar-refractivity contribution in [2.45, 2.75) is 19.1 Å². The first-order chi connectivity index (χ1) is 6.22. The molecule has 0 aromatic heterocycles. The second-order valence-electron chi connectivity index (χ2n) is 3.11. The lowest BCUT2D eigenvalue weighted by Gasteiger charge is -2.02. The highest BCUT2D eigenvalue weighted by Crippen LogP contribution is 2.37. The number of hydrogen-bond donors (Lipinski definition) is 0. The number of halogens is 1. The molecule has 0 radical (unpaired) electrons. The predicted molar refractivity (Wildman–Crippen MR) is 44.7 cm³/mol. The molecule has 0 N–H and O–H groups in total. The van der Waals surface area contributed by atoms with Crippen molar-refractivity contribution in [3.63, 3.8) is 0 Å². The van der Waals surface area contributed by atoms with Gasteiger partial charge in [-0.3, -0.25) is 0 Å². The van der Waals surface area contributed by atoms with Gasteiger partial charge in [-0.1, -0.05) is 6.07 Å². The van der Waals surface area contributed by atoms with E-state index in [0.717, 1.165) is 17.4 Å². The lowest BCUT2D eigenvalue weighted by Crippen LogP contribution is -1.96. The van der Waals surface area contributed by atoms with Crippen LogP contribution in [-0.2, 0) is 9.53 Å².